The number of ether oxygens (including phenoxy) is 1. The van der Waals surface area contributed by atoms with E-state index in [1.54, 1.807) is 0 Å². The number of rotatable bonds is 5. The first-order valence-corrected chi connectivity index (χ1v) is 8.47. The molecule has 3 aromatic rings. The van der Waals surface area contributed by atoms with Gasteiger partial charge >= 0.3 is 0 Å². The molecule has 1 atom stereocenters. The average Bonchev–Trinajstić information content (AvgIpc) is 3.11. The molecule has 1 aliphatic rings. The SMILES string of the molecule is c1ccc(-n2nnnc2CCCC2CCc3ccccc3O2)cc1. The summed E-state index contributed by atoms with van der Waals surface area (Å²) < 4.78 is 7.92. The van der Waals surface area contributed by atoms with E-state index in [2.05, 4.69) is 33.7 Å². The van der Waals surface area contributed by atoms with Gasteiger partial charge in [-0.15, -0.1) is 5.10 Å². The number of para-hydroxylation sites is 2. The first kappa shape index (κ1) is 14.9. The molecule has 2 heterocycles. The lowest BCUT2D eigenvalue weighted by molar-refractivity contribution is 0.161. The molecule has 2 aromatic carbocycles. The summed E-state index contributed by atoms with van der Waals surface area (Å²) in [7, 11) is 0. The second kappa shape index (κ2) is 6.83. The molecule has 0 radical (unpaired) electrons. The van der Waals surface area contributed by atoms with Crippen molar-refractivity contribution in [2.45, 2.75) is 38.2 Å². The van der Waals surface area contributed by atoms with Gasteiger partial charge < -0.3 is 4.74 Å². The Morgan fingerprint density at radius 3 is 2.79 bits per heavy atom. The molecule has 0 amide bonds. The van der Waals surface area contributed by atoms with Gasteiger partial charge in [0, 0.05) is 6.42 Å². The standard InChI is InChI=1S/C19H20N4O/c1-2-8-16(9-3-1)23-19(20-21-22-23)12-6-10-17-14-13-15-7-4-5-11-18(15)24-17/h1-5,7-9,11,17H,6,10,12-14H2. The van der Waals surface area contributed by atoms with Gasteiger partial charge in [-0.1, -0.05) is 36.4 Å². The Bertz CT molecular complexity index is 800. The van der Waals surface area contributed by atoms with Crippen LogP contribution in [0.2, 0.25) is 0 Å². The van der Waals surface area contributed by atoms with Crippen molar-refractivity contribution in [3.8, 4) is 11.4 Å². The fraction of sp³-hybridized carbons (Fsp3) is 0.316. The highest BCUT2D eigenvalue weighted by atomic mass is 16.5. The fourth-order valence-corrected chi connectivity index (χ4v) is 3.20. The van der Waals surface area contributed by atoms with Gasteiger partial charge in [0.25, 0.3) is 0 Å². The molecular weight excluding hydrogens is 300 g/mol. The zero-order valence-corrected chi connectivity index (χ0v) is 13.5. The molecule has 0 saturated heterocycles. The Balaban J connectivity index is 1.35. The summed E-state index contributed by atoms with van der Waals surface area (Å²) >= 11 is 0. The maximum atomic E-state index is 6.11. The first-order chi connectivity index (χ1) is 11.9. The van der Waals surface area contributed by atoms with Crippen molar-refractivity contribution in [3.63, 3.8) is 0 Å². The first-order valence-electron chi connectivity index (χ1n) is 8.47. The quantitative estimate of drug-likeness (QED) is 0.723. The monoisotopic (exact) mass is 320 g/mol. The van der Waals surface area contributed by atoms with Gasteiger partial charge in [-0.05, 0) is 59.9 Å². The number of hydrogen-bond donors (Lipinski definition) is 0. The zero-order valence-electron chi connectivity index (χ0n) is 13.5. The van der Waals surface area contributed by atoms with E-state index in [1.165, 1.54) is 5.56 Å². The number of benzene rings is 2. The van der Waals surface area contributed by atoms with Crippen molar-refractivity contribution in [1.29, 1.82) is 0 Å². The normalized spacial score (nSPS) is 16.4. The lowest BCUT2D eigenvalue weighted by atomic mass is 9.99. The van der Waals surface area contributed by atoms with Crippen LogP contribution in [0.4, 0.5) is 0 Å². The Hall–Kier alpha value is -2.69. The van der Waals surface area contributed by atoms with Gasteiger partial charge in [-0.2, -0.15) is 4.68 Å². The number of aromatic nitrogens is 4. The van der Waals surface area contributed by atoms with E-state index in [1.807, 2.05) is 41.1 Å². The summed E-state index contributed by atoms with van der Waals surface area (Å²) in [5, 5.41) is 12.1. The van der Waals surface area contributed by atoms with Gasteiger partial charge in [0.2, 0.25) is 0 Å². The van der Waals surface area contributed by atoms with Crippen LogP contribution in [0.25, 0.3) is 5.69 Å². The third-order valence-electron chi connectivity index (χ3n) is 4.46. The highest BCUT2D eigenvalue weighted by Crippen LogP contribution is 2.28. The Kier molecular flexibility index (Phi) is 4.23. The van der Waals surface area contributed by atoms with Crippen LogP contribution < -0.4 is 4.74 Å². The maximum absolute atomic E-state index is 6.11. The molecule has 4 rings (SSSR count). The maximum Gasteiger partial charge on any atom is 0.156 e. The van der Waals surface area contributed by atoms with E-state index in [0.29, 0.717) is 6.10 Å². The van der Waals surface area contributed by atoms with Crippen molar-refractivity contribution >= 4 is 0 Å². The zero-order chi connectivity index (χ0) is 16.2. The van der Waals surface area contributed by atoms with E-state index >= 15 is 0 Å². The smallest absolute Gasteiger partial charge is 0.156 e. The summed E-state index contributed by atoms with van der Waals surface area (Å²) in [5.41, 5.74) is 2.32. The predicted molar refractivity (Wildman–Crippen MR) is 91.3 cm³/mol. The van der Waals surface area contributed by atoms with Gasteiger partial charge in [-0.3, -0.25) is 0 Å². The molecule has 0 saturated carbocycles. The molecule has 1 aromatic heterocycles. The van der Waals surface area contributed by atoms with Gasteiger partial charge in [-0.25, -0.2) is 0 Å². The van der Waals surface area contributed by atoms with Crippen molar-refractivity contribution in [2.75, 3.05) is 0 Å². The lowest BCUT2D eigenvalue weighted by Gasteiger charge is -2.26. The Morgan fingerprint density at radius 2 is 1.88 bits per heavy atom. The second-order valence-electron chi connectivity index (χ2n) is 6.12. The van der Waals surface area contributed by atoms with E-state index in [9.17, 15) is 0 Å². The van der Waals surface area contributed by atoms with Crippen LogP contribution in [-0.4, -0.2) is 26.3 Å². The summed E-state index contributed by atoms with van der Waals surface area (Å²) in [6.45, 7) is 0. The topological polar surface area (TPSA) is 52.8 Å². The number of aryl methyl sites for hydroxylation is 2. The van der Waals surface area contributed by atoms with E-state index in [4.69, 9.17) is 4.74 Å². The van der Waals surface area contributed by atoms with Crippen molar-refractivity contribution in [2.24, 2.45) is 0 Å². The highest BCUT2D eigenvalue weighted by Gasteiger charge is 2.19. The fourth-order valence-electron chi connectivity index (χ4n) is 3.20. The summed E-state index contributed by atoms with van der Waals surface area (Å²) in [6.07, 6.45) is 5.36. The molecule has 0 bridgehead atoms. The molecule has 5 heteroatoms. The molecule has 5 nitrogen and oxygen atoms in total. The number of tetrazole rings is 1. The number of hydrogen-bond acceptors (Lipinski definition) is 4. The summed E-state index contributed by atoms with van der Waals surface area (Å²) in [4.78, 5) is 0. The molecule has 0 N–H and O–H groups in total. The molecule has 24 heavy (non-hydrogen) atoms. The van der Waals surface area contributed by atoms with E-state index < -0.39 is 0 Å². The molecule has 1 unspecified atom stereocenters. The number of nitrogens with zero attached hydrogens (tertiary/aromatic N) is 4. The third kappa shape index (κ3) is 3.15. The average molecular weight is 320 g/mol. The van der Waals surface area contributed by atoms with Crippen molar-refractivity contribution < 1.29 is 4.74 Å². The Morgan fingerprint density at radius 1 is 1.04 bits per heavy atom. The van der Waals surface area contributed by atoms with Gasteiger partial charge in [0.15, 0.2) is 5.82 Å². The van der Waals surface area contributed by atoms with Crippen molar-refractivity contribution in [3.05, 3.63) is 66.0 Å². The van der Waals surface area contributed by atoms with Crippen LogP contribution in [-0.2, 0) is 12.8 Å². The van der Waals surface area contributed by atoms with Gasteiger partial charge in [0.1, 0.15) is 5.75 Å². The molecule has 0 spiro atoms. The van der Waals surface area contributed by atoms with Crippen LogP contribution in [0.3, 0.4) is 0 Å². The minimum Gasteiger partial charge on any atom is -0.490 e. The van der Waals surface area contributed by atoms with Crippen LogP contribution in [0.1, 0.15) is 30.7 Å². The highest BCUT2D eigenvalue weighted by molar-refractivity contribution is 5.35. The molecular formula is C19H20N4O. The molecule has 122 valence electrons. The van der Waals surface area contributed by atoms with Crippen LogP contribution in [0.15, 0.2) is 54.6 Å². The largest absolute Gasteiger partial charge is 0.490 e. The minimum atomic E-state index is 0.293. The van der Waals surface area contributed by atoms with E-state index in [0.717, 1.165) is 49.4 Å². The van der Waals surface area contributed by atoms with Crippen molar-refractivity contribution in [1.82, 2.24) is 20.2 Å². The molecule has 0 aliphatic carbocycles. The minimum absolute atomic E-state index is 0.293. The second-order valence-corrected chi connectivity index (χ2v) is 6.12. The summed E-state index contributed by atoms with van der Waals surface area (Å²) in [6, 6.07) is 18.3. The molecule has 1 aliphatic heterocycles. The van der Waals surface area contributed by atoms with E-state index in [-0.39, 0.29) is 0 Å². The van der Waals surface area contributed by atoms with Crippen LogP contribution in [0, 0.1) is 0 Å². The van der Waals surface area contributed by atoms with Gasteiger partial charge in [0.05, 0.1) is 11.8 Å². The summed E-state index contributed by atoms with van der Waals surface area (Å²) in [5.74, 6) is 1.94. The Labute approximate surface area is 141 Å². The third-order valence-corrected chi connectivity index (χ3v) is 4.46. The predicted octanol–water partition coefficient (Wildman–Crippen LogP) is 3.38. The van der Waals surface area contributed by atoms with Crippen LogP contribution in [0.5, 0.6) is 5.75 Å². The number of fused-ring (bicyclic) bond motifs is 1. The van der Waals surface area contributed by atoms with Crippen LogP contribution >= 0.6 is 0 Å². The lowest BCUT2D eigenvalue weighted by Crippen LogP contribution is -2.22. The molecule has 0 fully saturated rings.